The van der Waals surface area contributed by atoms with Gasteiger partial charge in [-0.1, -0.05) is 11.6 Å². The van der Waals surface area contributed by atoms with E-state index in [0.717, 1.165) is 19.3 Å². The molecule has 3 aliphatic carbocycles. The molecule has 1 heterocycles. The second kappa shape index (κ2) is 6.60. The molecule has 3 saturated carbocycles. The molecule has 5 rings (SSSR count). The van der Waals surface area contributed by atoms with Gasteiger partial charge in [0.25, 0.3) is 5.91 Å². The van der Waals surface area contributed by atoms with Crippen molar-refractivity contribution in [2.45, 2.75) is 31.2 Å². The summed E-state index contributed by atoms with van der Waals surface area (Å²) in [6.07, 6.45) is 6.00. The van der Waals surface area contributed by atoms with Gasteiger partial charge in [-0.15, -0.1) is 0 Å². The molecule has 3 aliphatic rings. The average Bonchev–Trinajstić information content (AvgIpc) is 2.60. The highest BCUT2D eigenvalue weighted by Crippen LogP contribution is 2.69. The van der Waals surface area contributed by atoms with Gasteiger partial charge in [0, 0.05) is 36.0 Å². The molecular weight excluding hydrogens is 371 g/mol. The molecule has 1 amide bonds. The first-order valence-electron chi connectivity index (χ1n) is 8.71. The maximum Gasteiger partial charge on any atom is 0.251 e. The number of nitrogens with zero attached hydrogens (tertiary/aromatic N) is 1. The Balaban J connectivity index is 1.24. The Morgan fingerprint density at radius 2 is 1.89 bits per heavy atom. The van der Waals surface area contributed by atoms with Gasteiger partial charge in [0.05, 0.1) is 5.02 Å². The van der Waals surface area contributed by atoms with E-state index < -0.39 is 5.82 Å². The molecule has 1 aromatic heterocycles. The second-order valence-corrected chi connectivity index (χ2v) is 7.99. The molecule has 140 valence electrons. The fourth-order valence-electron chi connectivity index (χ4n) is 4.33. The maximum absolute atomic E-state index is 13.4. The summed E-state index contributed by atoms with van der Waals surface area (Å²) >= 11 is 5.62. The largest absolute Gasteiger partial charge is 0.486 e. The van der Waals surface area contributed by atoms with Crippen molar-refractivity contribution in [3.8, 4) is 5.75 Å². The Kier molecular flexibility index (Phi) is 4.38. The lowest BCUT2D eigenvalue weighted by atomic mass is 9.38. The third kappa shape index (κ3) is 3.54. The number of carbonyl (C=O) groups is 2. The maximum atomic E-state index is 13.4. The van der Waals surface area contributed by atoms with Crippen LogP contribution in [0.5, 0.6) is 5.75 Å². The van der Waals surface area contributed by atoms with Gasteiger partial charge in [-0.3, -0.25) is 14.6 Å². The monoisotopic (exact) mass is 388 g/mol. The zero-order valence-corrected chi connectivity index (χ0v) is 15.3. The molecule has 2 bridgehead atoms. The van der Waals surface area contributed by atoms with Gasteiger partial charge in [0.2, 0.25) is 0 Å². The summed E-state index contributed by atoms with van der Waals surface area (Å²) in [6.45, 7) is -0.0980. The third-order valence-electron chi connectivity index (χ3n) is 5.32. The van der Waals surface area contributed by atoms with Gasteiger partial charge >= 0.3 is 0 Å². The second-order valence-electron chi connectivity index (χ2n) is 7.58. The number of benzene rings is 1. The number of hydrogen-bond acceptors (Lipinski definition) is 4. The highest BCUT2D eigenvalue weighted by atomic mass is 35.5. The number of halogens is 2. The molecule has 2 aromatic rings. The Bertz CT molecular complexity index is 884. The van der Waals surface area contributed by atoms with Crippen LogP contribution in [0.4, 0.5) is 4.39 Å². The van der Waals surface area contributed by atoms with E-state index in [1.54, 1.807) is 24.5 Å². The van der Waals surface area contributed by atoms with Crippen LogP contribution >= 0.6 is 11.6 Å². The topological polar surface area (TPSA) is 68.3 Å². The summed E-state index contributed by atoms with van der Waals surface area (Å²) in [4.78, 5) is 28.4. The van der Waals surface area contributed by atoms with Crippen LogP contribution in [0.1, 0.15) is 36.0 Å². The number of carbonyl (C=O) groups excluding carboxylic acids is 2. The van der Waals surface area contributed by atoms with E-state index in [1.165, 1.54) is 18.2 Å². The molecule has 0 saturated heterocycles. The zero-order valence-electron chi connectivity index (χ0n) is 14.5. The summed E-state index contributed by atoms with van der Waals surface area (Å²) in [6, 6.07) is 7.45. The normalized spacial score (nSPS) is 25.1. The number of rotatable bonds is 7. The third-order valence-corrected chi connectivity index (χ3v) is 5.63. The standard InChI is InChI=1S/C20H18ClFN2O3/c21-16-2-1-15(7-17(16)22)27-9-14(25)8-19-10-20(11-19,12-19)24-18(26)13-3-5-23-6-4-13/h1-7H,8-12H2,(H,24,26). The fourth-order valence-corrected chi connectivity index (χ4v) is 4.45. The van der Waals surface area contributed by atoms with Gasteiger partial charge in [-0.05, 0) is 48.9 Å². The van der Waals surface area contributed by atoms with Crippen LogP contribution in [0.2, 0.25) is 5.02 Å². The Labute approximate surface area is 160 Å². The van der Waals surface area contributed by atoms with Crippen molar-refractivity contribution in [3.05, 3.63) is 59.1 Å². The van der Waals surface area contributed by atoms with Crippen molar-refractivity contribution in [2.75, 3.05) is 6.61 Å². The zero-order chi connectivity index (χ0) is 19.1. The first-order valence-corrected chi connectivity index (χ1v) is 9.09. The summed E-state index contributed by atoms with van der Waals surface area (Å²) < 4.78 is 18.7. The number of ketones is 1. The SMILES string of the molecule is O=C(COc1ccc(Cl)c(F)c1)CC12CC(NC(=O)c3ccncc3)(C1)C2. The molecule has 0 spiro atoms. The van der Waals surface area contributed by atoms with Gasteiger partial charge in [-0.25, -0.2) is 4.39 Å². The molecule has 1 aromatic carbocycles. The van der Waals surface area contributed by atoms with E-state index in [-0.39, 0.29) is 40.0 Å². The predicted octanol–water partition coefficient (Wildman–Crippen LogP) is 3.56. The predicted molar refractivity (Wildman–Crippen MR) is 97.2 cm³/mol. The lowest BCUT2D eigenvalue weighted by molar-refractivity contribution is -0.162. The molecule has 1 N–H and O–H groups in total. The molecule has 0 radical (unpaired) electrons. The summed E-state index contributed by atoms with van der Waals surface area (Å²) in [5.74, 6) is -0.430. The molecule has 5 nitrogen and oxygen atoms in total. The number of nitrogens with one attached hydrogen (secondary N) is 1. The Morgan fingerprint density at radius 3 is 2.56 bits per heavy atom. The Morgan fingerprint density at radius 1 is 1.19 bits per heavy atom. The quantitative estimate of drug-likeness (QED) is 0.787. The highest BCUT2D eigenvalue weighted by molar-refractivity contribution is 6.30. The molecule has 27 heavy (non-hydrogen) atoms. The summed E-state index contributed by atoms with van der Waals surface area (Å²) in [5.41, 5.74) is 0.376. The number of aromatic nitrogens is 1. The molecule has 0 aliphatic heterocycles. The van der Waals surface area contributed by atoms with Crippen molar-refractivity contribution >= 4 is 23.3 Å². The number of amides is 1. The van der Waals surface area contributed by atoms with Crippen molar-refractivity contribution in [3.63, 3.8) is 0 Å². The van der Waals surface area contributed by atoms with E-state index in [2.05, 4.69) is 10.3 Å². The number of ether oxygens (including phenoxy) is 1. The minimum atomic E-state index is -0.576. The minimum Gasteiger partial charge on any atom is -0.486 e. The van der Waals surface area contributed by atoms with Gasteiger partial charge in [0.1, 0.15) is 18.2 Å². The molecular formula is C20H18ClFN2O3. The van der Waals surface area contributed by atoms with Crippen molar-refractivity contribution in [1.82, 2.24) is 10.3 Å². The van der Waals surface area contributed by atoms with Crippen LogP contribution in [0, 0.1) is 11.2 Å². The Hall–Kier alpha value is -2.47. The lowest BCUT2D eigenvalue weighted by Gasteiger charge is -2.70. The fraction of sp³-hybridized carbons (Fsp3) is 0.350. The molecule has 7 heteroatoms. The van der Waals surface area contributed by atoms with Gasteiger partial charge in [0.15, 0.2) is 5.78 Å². The first kappa shape index (κ1) is 17.9. The van der Waals surface area contributed by atoms with Crippen molar-refractivity contribution in [2.24, 2.45) is 5.41 Å². The van der Waals surface area contributed by atoms with Crippen LogP contribution in [0.25, 0.3) is 0 Å². The van der Waals surface area contributed by atoms with Crippen LogP contribution in [-0.2, 0) is 4.79 Å². The van der Waals surface area contributed by atoms with Gasteiger partial charge in [-0.2, -0.15) is 0 Å². The number of pyridine rings is 1. The number of hydrogen-bond donors (Lipinski definition) is 1. The minimum absolute atomic E-state index is 0.0154. The van der Waals surface area contributed by atoms with Crippen LogP contribution < -0.4 is 10.1 Å². The van der Waals surface area contributed by atoms with Crippen LogP contribution in [-0.4, -0.2) is 28.8 Å². The van der Waals surface area contributed by atoms with E-state index >= 15 is 0 Å². The van der Waals surface area contributed by atoms with Crippen molar-refractivity contribution < 1.29 is 18.7 Å². The van der Waals surface area contributed by atoms with Crippen LogP contribution in [0.15, 0.2) is 42.7 Å². The van der Waals surface area contributed by atoms with E-state index in [9.17, 15) is 14.0 Å². The molecule has 0 unspecified atom stereocenters. The first-order chi connectivity index (χ1) is 12.9. The van der Waals surface area contributed by atoms with E-state index in [4.69, 9.17) is 16.3 Å². The van der Waals surface area contributed by atoms with Crippen molar-refractivity contribution in [1.29, 1.82) is 0 Å². The number of Topliss-reactive ketones (excluding diaryl/α,β-unsaturated/α-hetero) is 1. The lowest BCUT2D eigenvalue weighted by Crippen LogP contribution is -2.75. The van der Waals surface area contributed by atoms with E-state index in [0.29, 0.717) is 12.0 Å². The molecule has 0 atom stereocenters. The van der Waals surface area contributed by atoms with E-state index in [1.807, 2.05) is 0 Å². The smallest absolute Gasteiger partial charge is 0.251 e. The van der Waals surface area contributed by atoms with Gasteiger partial charge < -0.3 is 10.1 Å². The summed E-state index contributed by atoms with van der Waals surface area (Å²) in [5, 5.41) is 3.09. The highest BCUT2D eigenvalue weighted by Gasteiger charge is 2.68. The van der Waals surface area contributed by atoms with Crippen LogP contribution in [0.3, 0.4) is 0 Å². The average molecular weight is 389 g/mol. The molecule has 3 fully saturated rings. The summed E-state index contributed by atoms with van der Waals surface area (Å²) in [7, 11) is 0.